The Labute approximate surface area is 108 Å². The van der Waals surface area contributed by atoms with Crippen molar-refractivity contribution < 1.29 is 4.79 Å². The summed E-state index contributed by atoms with van der Waals surface area (Å²) in [5.41, 5.74) is 6.64. The molecule has 0 bridgehead atoms. The van der Waals surface area contributed by atoms with Crippen molar-refractivity contribution in [1.82, 2.24) is 4.90 Å². The minimum absolute atomic E-state index is 0.240. The predicted octanol–water partition coefficient (Wildman–Crippen LogP) is 2.62. The maximum Gasteiger partial charge on any atom is 0.222 e. The standard InChI is InChI=1S/C13H22N2OS/c1-15(10-12-7-9-17-11-12)13(16)6-4-2-3-5-8-14/h7,9,11H,2-6,8,10,14H2,1H3. The molecule has 0 aliphatic carbocycles. The van der Waals surface area contributed by atoms with Crippen LogP contribution in [-0.4, -0.2) is 24.4 Å². The molecule has 0 unspecified atom stereocenters. The minimum atomic E-state index is 0.240. The van der Waals surface area contributed by atoms with Crippen LogP contribution in [0, 0.1) is 0 Å². The van der Waals surface area contributed by atoms with Crippen molar-refractivity contribution in [3.8, 4) is 0 Å². The Morgan fingerprint density at radius 3 is 2.76 bits per heavy atom. The molecule has 4 heteroatoms. The Kier molecular flexibility index (Phi) is 6.89. The molecule has 0 atom stereocenters. The van der Waals surface area contributed by atoms with Crippen molar-refractivity contribution in [2.45, 2.75) is 38.6 Å². The smallest absolute Gasteiger partial charge is 0.222 e. The molecular weight excluding hydrogens is 232 g/mol. The van der Waals surface area contributed by atoms with E-state index in [4.69, 9.17) is 5.73 Å². The summed E-state index contributed by atoms with van der Waals surface area (Å²) in [6, 6.07) is 2.07. The van der Waals surface area contributed by atoms with Crippen molar-refractivity contribution in [1.29, 1.82) is 0 Å². The van der Waals surface area contributed by atoms with E-state index in [1.54, 1.807) is 11.3 Å². The molecular formula is C13H22N2OS. The normalized spacial score (nSPS) is 10.5. The van der Waals surface area contributed by atoms with Crippen LogP contribution in [0.25, 0.3) is 0 Å². The molecule has 0 aromatic carbocycles. The fourth-order valence-corrected chi connectivity index (χ4v) is 2.37. The topological polar surface area (TPSA) is 46.3 Å². The Bertz CT molecular complexity index is 311. The molecule has 1 aromatic rings. The first-order chi connectivity index (χ1) is 8.24. The molecule has 1 heterocycles. The highest BCUT2D eigenvalue weighted by atomic mass is 32.1. The lowest BCUT2D eigenvalue weighted by Gasteiger charge is -2.16. The van der Waals surface area contributed by atoms with Crippen LogP contribution in [0.2, 0.25) is 0 Å². The molecule has 0 fully saturated rings. The third kappa shape index (κ3) is 5.84. The van der Waals surface area contributed by atoms with Gasteiger partial charge in [-0.15, -0.1) is 0 Å². The maximum absolute atomic E-state index is 11.8. The summed E-state index contributed by atoms with van der Waals surface area (Å²) in [5, 5.41) is 4.13. The third-order valence-corrected chi connectivity index (χ3v) is 3.50. The van der Waals surface area contributed by atoms with Gasteiger partial charge < -0.3 is 10.6 Å². The fourth-order valence-electron chi connectivity index (χ4n) is 1.71. The zero-order valence-electron chi connectivity index (χ0n) is 10.5. The van der Waals surface area contributed by atoms with E-state index in [0.717, 1.165) is 38.8 Å². The van der Waals surface area contributed by atoms with Crippen LogP contribution < -0.4 is 5.73 Å². The van der Waals surface area contributed by atoms with Crippen molar-refractivity contribution in [2.24, 2.45) is 5.73 Å². The number of unbranched alkanes of at least 4 members (excludes halogenated alkanes) is 3. The van der Waals surface area contributed by atoms with Gasteiger partial charge >= 0.3 is 0 Å². The van der Waals surface area contributed by atoms with Crippen LogP contribution in [0.3, 0.4) is 0 Å². The van der Waals surface area contributed by atoms with E-state index in [1.807, 2.05) is 17.3 Å². The molecule has 17 heavy (non-hydrogen) atoms. The highest BCUT2D eigenvalue weighted by molar-refractivity contribution is 7.07. The van der Waals surface area contributed by atoms with Gasteiger partial charge in [0.1, 0.15) is 0 Å². The number of hydrogen-bond acceptors (Lipinski definition) is 3. The van der Waals surface area contributed by atoms with Crippen LogP contribution in [-0.2, 0) is 11.3 Å². The molecule has 1 amide bonds. The number of nitrogens with zero attached hydrogens (tertiary/aromatic N) is 1. The van der Waals surface area contributed by atoms with Gasteiger partial charge in [-0.1, -0.05) is 12.8 Å². The highest BCUT2D eigenvalue weighted by Crippen LogP contribution is 2.10. The molecule has 1 rings (SSSR count). The van der Waals surface area contributed by atoms with Gasteiger partial charge in [-0.2, -0.15) is 11.3 Å². The number of amides is 1. The molecule has 3 nitrogen and oxygen atoms in total. The summed E-state index contributed by atoms with van der Waals surface area (Å²) < 4.78 is 0. The van der Waals surface area contributed by atoms with Crippen LogP contribution in [0.4, 0.5) is 0 Å². The number of nitrogens with two attached hydrogens (primary N) is 1. The Hall–Kier alpha value is -0.870. The number of carbonyl (C=O) groups is 1. The second kappa shape index (κ2) is 8.25. The van der Waals surface area contributed by atoms with E-state index < -0.39 is 0 Å². The monoisotopic (exact) mass is 254 g/mol. The van der Waals surface area contributed by atoms with Crippen molar-refractivity contribution in [3.63, 3.8) is 0 Å². The SMILES string of the molecule is CN(Cc1ccsc1)C(=O)CCCCCCN. The first-order valence-electron chi connectivity index (χ1n) is 6.19. The third-order valence-electron chi connectivity index (χ3n) is 2.77. The van der Waals surface area contributed by atoms with E-state index in [1.165, 1.54) is 5.56 Å². The summed E-state index contributed by atoms with van der Waals surface area (Å²) in [6.45, 7) is 1.48. The second-order valence-electron chi connectivity index (χ2n) is 4.33. The van der Waals surface area contributed by atoms with Crippen LogP contribution in [0.1, 0.15) is 37.7 Å². The zero-order chi connectivity index (χ0) is 12.5. The van der Waals surface area contributed by atoms with Gasteiger partial charge in [0.2, 0.25) is 5.91 Å². The predicted molar refractivity (Wildman–Crippen MR) is 72.9 cm³/mol. The zero-order valence-corrected chi connectivity index (χ0v) is 11.3. The van der Waals surface area contributed by atoms with Gasteiger partial charge in [0.25, 0.3) is 0 Å². The van der Waals surface area contributed by atoms with Crippen LogP contribution in [0.5, 0.6) is 0 Å². The van der Waals surface area contributed by atoms with Gasteiger partial charge in [0, 0.05) is 20.0 Å². The average molecular weight is 254 g/mol. The van der Waals surface area contributed by atoms with Gasteiger partial charge in [0.05, 0.1) is 0 Å². The molecule has 0 saturated carbocycles. The van der Waals surface area contributed by atoms with E-state index in [9.17, 15) is 4.79 Å². The van der Waals surface area contributed by atoms with Crippen LogP contribution >= 0.6 is 11.3 Å². The summed E-state index contributed by atoms with van der Waals surface area (Å²) in [5.74, 6) is 0.240. The van der Waals surface area contributed by atoms with Crippen molar-refractivity contribution >= 4 is 17.2 Å². The molecule has 0 saturated heterocycles. The lowest BCUT2D eigenvalue weighted by molar-refractivity contribution is -0.130. The molecule has 0 spiro atoms. The van der Waals surface area contributed by atoms with Gasteiger partial charge in [0.15, 0.2) is 0 Å². The lowest BCUT2D eigenvalue weighted by Crippen LogP contribution is -2.25. The Morgan fingerprint density at radius 1 is 1.35 bits per heavy atom. The summed E-state index contributed by atoms with van der Waals surface area (Å²) in [7, 11) is 1.87. The number of rotatable bonds is 8. The average Bonchev–Trinajstić information content (AvgIpc) is 2.81. The summed E-state index contributed by atoms with van der Waals surface area (Å²) >= 11 is 1.67. The first-order valence-corrected chi connectivity index (χ1v) is 7.13. The molecule has 0 aliphatic heterocycles. The summed E-state index contributed by atoms with van der Waals surface area (Å²) in [6.07, 6.45) is 4.95. The van der Waals surface area contributed by atoms with Gasteiger partial charge in [-0.05, 0) is 41.8 Å². The first kappa shape index (κ1) is 14.2. The molecule has 2 N–H and O–H groups in total. The molecule has 0 aliphatic rings. The van der Waals surface area contributed by atoms with Crippen molar-refractivity contribution in [3.05, 3.63) is 22.4 Å². The van der Waals surface area contributed by atoms with E-state index >= 15 is 0 Å². The second-order valence-corrected chi connectivity index (χ2v) is 5.11. The molecule has 96 valence electrons. The lowest BCUT2D eigenvalue weighted by atomic mass is 10.1. The number of hydrogen-bond donors (Lipinski definition) is 1. The molecule has 0 radical (unpaired) electrons. The van der Waals surface area contributed by atoms with Gasteiger partial charge in [-0.3, -0.25) is 4.79 Å². The quantitative estimate of drug-likeness (QED) is 0.725. The summed E-state index contributed by atoms with van der Waals surface area (Å²) in [4.78, 5) is 13.6. The largest absolute Gasteiger partial charge is 0.341 e. The van der Waals surface area contributed by atoms with E-state index in [-0.39, 0.29) is 5.91 Å². The minimum Gasteiger partial charge on any atom is -0.341 e. The Balaban J connectivity index is 2.14. The van der Waals surface area contributed by atoms with E-state index in [2.05, 4.69) is 11.4 Å². The van der Waals surface area contributed by atoms with Crippen LogP contribution in [0.15, 0.2) is 16.8 Å². The maximum atomic E-state index is 11.8. The number of carbonyl (C=O) groups excluding carboxylic acids is 1. The fraction of sp³-hybridized carbons (Fsp3) is 0.615. The Morgan fingerprint density at radius 2 is 2.12 bits per heavy atom. The van der Waals surface area contributed by atoms with Gasteiger partial charge in [-0.25, -0.2) is 0 Å². The molecule has 1 aromatic heterocycles. The van der Waals surface area contributed by atoms with E-state index in [0.29, 0.717) is 6.42 Å². The van der Waals surface area contributed by atoms with Crippen molar-refractivity contribution in [2.75, 3.05) is 13.6 Å². The highest BCUT2D eigenvalue weighted by Gasteiger charge is 2.08. The number of thiophene rings is 1.